The van der Waals surface area contributed by atoms with Gasteiger partial charge in [0.05, 0.1) is 30.5 Å². The van der Waals surface area contributed by atoms with Crippen LogP contribution >= 0.6 is 0 Å². The van der Waals surface area contributed by atoms with Crippen LogP contribution in [-0.2, 0) is 16.0 Å². The Morgan fingerprint density at radius 1 is 1.21 bits per heavy atom. The molecule has 0 saturated carbocycles. The van der Waals surface area contributed by atoms with Crippen molar-refractivity contribution in [3.63, 3.8) is 0 Å². The Bertz CT molecular complexity index is 1140. The molecule has 4 heterocycles. The van der Waals surface area contributed by atoms with Gasteiger partial charge in [-0.15, -0.1) is 0 Å². The Balaban J connectivity index is 1.35. The lowest BCUT2D eigenvalue weighted by atomic mass is 9.92. The number of aliphatic hydroxyl groups excluding tert-OH is 1. The molecule has 0 unspecified atom stereocenters. The lowest BCUT2D eigenvalue weighted by Gasteiger charge is -2.32. The van der Waals surface area contributed by atoms with Crippen LogP contribution in [-0.4, -0.2) is 91.6 Å². The van der Waals surface area contributed by atoms with Crippen molar-refractivity contribution in [3.05, 3.63) is 46.3 Å². The number of carbonyl (C=O) groups is 2. The molecule has 5 rings (SSSR count). The summed E-state index contributed by atoms with van der Waals surface area (Å²) >= 11 is 0. The van der Waals surface area contributed by atoms with E-state index in [1.165, 1.54) is 0 Å². The molecule has 0 bridgehead atoms. The number of nitrogens with zero attached hydrogens (tertiary/aromatic N) is 2. The van der Waals surface area contributed by atoms with Crippen LogP contribution in [0.4, 0.5) is 5.69 Å². The number of hydrogen-bond donors (Lipinski definition) is 3. The first-order valence-electron chi connectivity index (χ1n) is 11.3. The fraction of sp³-hybridized carbons (Fsp3) is 0.417. The van der Waals surface area contributed by atoms with Gasteiger partial charge in [0.1, 0.15) is 7.85 Å². The fourth-order valence-electron chi connectivity index (χ4n) is 4.87. The van der Waals surface area contributed by atoms with Crippen LogP contribution in [0.1, 0.15) is 32.9 Å². The minimum Gasteiger partial charge on any atom is -0.390 e. The van der Waals surface area contributed by atoms with Crippen molar-refractivity contribution in [2.75, 3.05) is 51.3 Å². The summed E-state index contributed by atoms with van der Waals surface area (Å²) in [6.45, 7) is 6.21. The normalized spacial score (nSPS) is 20.7. The molecule has 0 spiro atoms. The number of anilines is 1. The highest BCUT2D eigenvalue weighted by Gasteiger charge is 2.31. The van der Waals surface area contributed by atoms with Gasteiger partial charge < -0.3 is 25.0 Å². The molecular formula is C24H27BN4O4. The summed E-state index contributed by atoms with van der Waals surface area (Å²) in [6.07, 6.45) is 1.85. The maximum absolute atomic E-state index is 13.3. The number of nitrogens with one attached hydrogen (secondary N) is 2. The number of benzene rings is 1. The number of ether oxygens (including phenoxy) is 1. The number of amides is 2. The molecule has 2 radical (unpaired) electrons. The third-order valence-corrected chi connectivity index (χ3v) is 6.62. The van der Waals surface area contributed by atoms with Crippen molar-refractivity contribution in [2.24, 2.45) is 0 Å². The minimum absolute atomic E-state index is 0.0869. The molecule has 3 aliphatic heterocycles. The molecule has 170 valence electrons. The molecular weight excluding hydrogens is 419 g/mol. The number of carbonyl (C=O) groups excluding carboxylic acids is 2. The standard InChI is InChI=1S/C24H27BN4O4/c1-14-21(11-18-17-10-15(25)2-3-19(17)27-23(18)31)26-20-4-5-29(24(32)22(14)20)13-16(30)12-28-6-8-33-9-7-28/h2-3,10-11,16,26,30H,4-9,12-13H2,1H3,(H,27,31)/b18-11-/t16-/m0/s1. The zero-order valence-corrected chi connectivity index (χ0v) is 18.7. The van der Waals surface area contributed by atoms with Gasteiger partial charge in [-0.3, -0.25) is 14.5 Å². The van der Waals surface area contributed by atoms with Crippen molar-refractivity contribution in [3.8, 4) is 0 Å². The van der Waals surface area contributed by atoms with E-state index in [2.05, 4.69) is 15.2 Å². The fourth-order valence-corrected chi connectivity index (χ4v) is 4.87. The van der Waals surface area contributed by atoms with Crippen LogP contribution in [0.5, 0.6) is 0 Å². The van der Waals surface area contributed by atoms with Gasteiger partial charge in [0, 0.05) is 61.8 Å². The van der Waals surface area contributed by atoms with Gasteiger partial charge >= 0.3 is 0 Å². The number of β-amino-alcohol motifs (C(OH)–C–C–N with tert-alkyl or cyclic N) is 1. The minimum atomic E-state index is -0.612. The van der Waals surface area contributed by atoms with Crippen LogP contribution in [0.3, 0.4) is 0 Å². The molecule has 0 aliphatic carbocycles. The maximum Gasteiger partial charge on any atom is 0.256 e. The molecule has 1 aromatic heterocycles. The van der Waals surface area contributed by atoms with Gasteiger partial charge in [-0.2, -0.15) is 0 Å². The number of aromatic amines is 1. The van der Waals surface area contributed by atoms with Crippen LogP contribution < -0.4 is 10.8 Å². The van der Waals surface area contributed by atoms with Crippen molar-refractivity contribution >= 4 is 42.5 Å². The Morgan fingerprint density at radius 3 is 2.79 bits per heavy atom. The van der Waals surface area contributed by atoms with E-state index in [9.17, 15) is 14.7 Å². The second-order valence-electron chi connectivity index (χ2n) is 8.90. The Hall–Kier alpha value is -2.88. The average Bonchev–Trinajstić information content (AvgIpc) is 3.27. The molecule has 3 N–H and O–H groups in total. The first-order chi connectivity index (χ1) is 15.9. The van der Waals surface area contributed by atoms with E-state index >= 15 is 0 Å². The highest BCUT2D eigenvalue weighted by Crippen LogP contribution is 2.34. The van der Waals surface area contributed by atoms with E-state index < -0.39 is 6.10 Å². The molecule has 33 heavy (non-hydrogen) atoms. The smallest absolute Gasteiger partial charge is 0.256 e. The number of H-pyrrole nitrogens is 1. The predicted octanol–water partition coefficient (Wildman–Crippen LogP) is 0.301. The van der Waals surface area contributed by atoms with Crippen molar-refractivity contribution in [2.45, 2.75) is 19.4 Å². The largest absolute Gasteiger partial charge is 0.390 e. The summed E-state index contributed by atoms with van der Waals surface area (Å²) in [5.41, 5.74) is 5.64. The van der Waals surface area contributed by atoms with Crippen LogP contribution in [0.25, 0.3) is 11.6 Å². The Labute approximate surface area is 194 Å². The summed E-state index contributed by atoms with van der Waals surface area (Å²) in [5, 5.41) is 13.4. The monoisotopic (exact) mass is 446 g/mol. The molecule has 2 amide bonds. The highest BCUT2D eigenvalue weighted by molar-refractivity contribution is 6.37. The average molecular weight is 446 g/mol. The zero-order chi connectivity index (χ0) is 23.1. The molecule has 1 saturated heterocycles. The molecule has 9 heteroatoms. The maximum atomic E-state index is 13.3. The van der Waals surface area contributed by atoms with Gasteiger partial charge in [-0.05, 0) is 24.6 Å². The molecule has 1 fully saturated rings. The number of fused-ring (bicyclic) bond motifs is 2. The molecule has 3 aliphatic rings. The number of hydrogen-bond acceptors (Lipinski definition) is 5. The van der Waals surface area contributed by atoms with Gasteiger partial charge in [-0.1, -0.05) is 17.6 Å². The summed E-state index contributed by atoms with van der Waals surface area (Å²) < 4.78 is 5.36. The summed E-state index contributed by atoms with van der Waals surface area (Å²) in [4.78, 5) is 33.1. The summed E-state index contributed by atoms with van der Waals surface area (Å²) in [5.74, 6) is -0.280. The van der Waals surface area contributed by atoms with Crippen molar-refractivity contribution in [1.29, 1.82) is 0 Å². The third kappa shape index (κ3) is 4.24. The van der Waals surface area contributed by atoms with E-state index in [4.69, 9.17) is 12.6 Å². The number of aliphatic hydroxyl groups is 1. The Morgan fingerprint density at radius 2 is 2.00 bits per heavy atom. The van der Waals surface area contributed by atoms with Crippen LogP contribution in [0.15, 0.2) is 18.2 Å². The van der Waals surface area contributed by atoms with Gasteiger partial charge in [-0.25, -0.2) is 0 Å². The predicted molar refractivity (Wildman–Crippen MR) is 127 cm³/mol. The SMILES string of the molecule is [B]c1ccc2c(c1)/C(=C/c1[nH]c3c(c1C)C(=O)N(C[C@@H](O)CN1CCOCC1)CC3)C(=O)N2. The Kier molecular flexibility index (Phi) is 5.86. The number of rotatable bonds is 5. The van der Waals surface area contributed by atoms with Crippen molar-refractivity contribution < 1.29 is 19.4 Å². The first kappa shape index (κ1) is 21.9. The number of morpholine rings is 1. The molecule has 2 aromatic rings. The van der Waals surface area contributed by atoms with E-state index in [1.807, 2.05) is 6.92 Å². The lowest BCUT2D eigenvalue weighted by Crippen LogP contribution is -2.47. The molecule has 1 aromatic carbocycles. The molecule has 8 nitrogen and oxygen atoms in total. The first-order valence-corrected chi connectivity index (χ1v) is 11.3. The van der Waals surface area contributed by atoms with E-state index in [0.29, 0.717) is 55.9 Å². The van der Waals surface area contributed by atoms with Crippen molar-refractivity contribution in [1.82, 2.24) is 14.8 Å². The zero-order valence-electron chi connectivity index (χ0n) is 18.7. The van der Waals surface area contributed by atoms with E-state index in [0.717, 1.165) is 41.3 Å². The van der Waals surface area contributed by atoms with Crippen LogP contribution in [0, 0.1) is 6.92 Å². The second-order valence-corrected chi connectivity index (χ2v) is 8.90. The second kappa shape index (κ2) is 8.81. The van der Waals surface area contributed by atoms with E-state index in [-0.39, 0.29) is 11.8 Å². The topological polar surface area (TPSA) is 97.9 Å². The third-order valence-electron chi connectivity index (χ3n) is 6.62. The number of aromatic nitrogens is 1. The molecule has 1 atom stereocenters. The van der Waals surface area contributed by atoms with Gasteiger partial charge in [0.25, 0.3) is 11.8 Å². The highest BCUT2D eigenvalue weighted by atomic mass is 16.5. The van der Waals surface area contributed by atoms with Gasteiger partial charge in [0.2, 0.25) is 0 Å². The van der Waals surface area contributed by atoms with Crippen LogP contribution in [0.2, 0.25) is 0 Å². The summed E-state index contributed by atoms with van der Waals surface area (Å²) in [7, 11) is 5.92. The van der Waals surface area contributed by atoms with E-state index in [1.54, 1.807) is 29.2 Å². The van der Waals surface area contributed by atoms with Gasteiger partial charge in [0.15, 0.2) is 0 Å². The quantitative estimate of drug-likeness (QED) is 0.454. The lowest BCUT2D eigenvalue weighted by molar-refractivity contribution is -0.110. The summed E-state index contributed by atoms with van der Waals surface area (Å²) in [6, 6.07) is 5.32.